The van der Waals surface area contributed by atoms with Crippen molar-refractivity contribution < 1.29 is 14.7 Å². The van der Waals surface area contributed by atoms with Crippen LogP contribution in [0.1, 0.15) is 47.2 Å². The Labute approximate surface area is 154 Å². The van der Waals surface area contributed by atoms with Gasteiger partial charge >= 0.3 is 5.97 Å². The Kier molecular flexibility index (Phi) is 6.05. The zero-order chi connectivity index (χ0) is 18.4. The van der Waals surface area contributed by atoms with Crippen LogP contribution < -0.4 is 0 Å². The van der Waals surface area contributed by atoms with E-state index < -0.39 is 5.97 Å². The molecule has 3 rings (SSSR count). The van der Waals surface area contributed by atoms with Gasteiger partial charge in [0.25, 0.3) is 0 Å². The number of carboxylic acids is 1. The summed E-state index contributed by atoms with van der Waals surface area (Å²) in [5.74, 6) is -0.237. The number of hydrogen-bond donors (Lipinski definition) is 1. The van der Waals surface area contributed by atoms with Crippen LogP contribution in [-0.2, 0) is 17.8 Å². The Morgan fingerprint density at radius 2 is 1.69 bits per heavy atom. The molecular weight excluding hydrogens is 326 g/mol. The van der Waals surface area contributed by atoms with Crippen molar-refractivity contribution in [1.82, 2.24) is 4.90 Å². The van der Waals surface area contributed by atoms with Gasteiger partial charge in [-0.05, 0) is 42.4 Å². The van der Waals surface area contributed by atoms with Gasteiger partial charge < -0.3 is 10.0 Å². The van der Waals surface area contributed by atoms with Crippen molar-refractivity contribution >= 4 is 11.9 Å². The maximum atomic E-state index is 12.9. The monoisotopic (exact) mass is 351 g/mol. The highest BCUT2D eigenvalue weighted by molar-refractivity contribution is 5.89. The maximum absolute atomic E-state index is 12.9. The Morgan fingerprint density at radius 3 is 2.35 bits per heavy atom. The summed E-state index contributed by atoms with van der Waals surface area (Å²) in [4.78, 5) is 26.1. The second-order valence-electron chi connectivity index (χ2n) is 7.02. The second kappa shape index (κ2) is 8.65. The van der Waals surface area contributed by atoms with Crippen LogP contribution >= 0.6 is 0 Å². The van der Waals surface area contributed by atoms with E-state index in [0.29, 0.717) is 25.3 Å². The van der Waals surface area contributed by atoms with E-state index in [4.69, 9.17) is 0 Å². The summed E-state index contributed by atoms with van der Waals surface area (Å²) >= 11 is 0. The van der Waals surface area contributed by atoms with E-state index in [1.165, 1.54) is 19.3 Å². The predicted octanol–water partition coefficient (Wildman–Crippen LogP) is 4.15. The number of aryl methyl sites for hydroxylation is 1. The first kappa shape index (κ1) is 18.2. The summed E-state index contributed by atoms with van der Waals surface area (Å²) in [6.45, 7) is 1.42. The lowest BCUT2D eigenvalue weighted by atomic mass is 9.85. The summed E-state index contributed by atoms with van der Waals surface area (Å²) in [7, 11) is 0. The first-order valence-electron chi connectivity index (χ1n) is 9.26. The van der Waals surface area contributed by atoms with E-state index >= 15 is 0 Å². The number of amides is 1. The van der Waals surface area contributed by atoms with Crippen LogP contribution in [0.15, 0.2) is 54.6 Å². The molecule has 0 atom stereocenters. The van der Waals surface area contributed by atoms with Crippen LogP contribution in [0.3, 0.4) is 0 Å². The van der Waals surface area contributed by atoms with Gasteiger partial charge in [0.15, 0.2) is 0 Å². The fraction of sp³-hybridized carbons (Fsp3) is 0.364. The summed E-state index contributed by atoms with van der Waals surface area (Å²) in [6.07, 6.45) is 4.44. The van der Waals surface area contributed by atoms with Crippen molar-refractivity contribution in [3.8, 4) is 0 Å². The zero-order valence-electron chi connectivity index (χ0n) is 14.9. The molecule has 0 aromatic heterocycles. The van der Waals surface area contributed by atoms with Gasteiger partial charge in [-0.15, -0.1) is 0 Å². The van der Waals surface area contributed by atoms with E-state index in [1.807, 2.05) is 41.3 Å². The number of rotatable bonds is 8. The van der Waals surface area contributed by atoms with Gasteiger partial charge in [0.1, 0.15) is 0 Å². The lowest BCUT2D eigenvalue weighted by molar-refractivity contribution is -0.132. The molecule has 1 aliphatic carbocycles. The molecular formula is C22H25NO3. The Hall–Kier alpha value is -2.62. The Morgan fingerprint density at radius 1 is 1.00 bits per heavy atom. The molecule has 26 heavy (non-hydrogen) atoms. The van der Waals surface area contributed by atoms with Crippen molar-refractivity contribution in [1.29, 1.82) is 0 Å². The first-order chi connectivity index (χ1) is 12.6. The molecule has 0 radical (unpaired) electrons. The van der Waals surface area contributed by atoms with E-state index in [-0.39, 0.29) is 11.5 Å². The molecule has 0 heterocycles. The van der Waals surface area contributed by atoms with E-state index in [9.17, 15) is 14.7 Å². The highest BCUT2D eigenvalue weighted by Gasteiger charge is 2.24. The topological polar surface area (TPSA) is 57.6 Å². The van der Waals surface area contributed by atoms with Crippen LogP contribution in [0.5, 0.6) is 0 Å². The van der Waals surface area contributed by atoms with Crippen molar-refractivity contribution in [2.75, 3.05) is 6.54 Å². The number of hydrogen-bond acceptors (Lipinski definition) is 2. The highest BCUT2D eigenvalue weighted by atomic mass is 16.4. The van der Waals surface area contributed by atoms with Crippen molar-refractivity contribution in [2.45, 2.75) is 38.6 Å². The highest BCUT2D eigenvalue weighted by Crippen LogP contribution is 2.28. The lowest BCUT2D eigenvalue weighted by Crippen LogP contribution is -2.37. The molecule has 1 fully saturated rings. The first-order valence-corrected chi connectivity index (χ1v) is 9.26. The molecule has 0 aliphatic heterocycles. The molecule has 2 aromatic rings. The van der Waals surface area contributed by atoms with Gasteiger partial charge in [-0.2, -0.15) is 0 Å². The molecule has 1 aliphatic rings. The van der Waals surface area contributed by atoms with Crippen LogP contribution in [0.2, 0.25) is 0 Å². The van der Waals surface area contributed by atoms with Gasteiger partial charge in [-0.1, -0.05) is 55.0 Å². The minimum atomic E-state index is -0.941. The van der Waals surface area contributed by atoms with Crippen LogP contribution in [0, 0.1) is 5.92 Å². The molecule has 0 unspecified atom stereocenters. The Balaban J connectivity index is 1.66. The number of aromatic carboxylic acids is 1. The fourth-order valence-corrected chi connectivity index (χ4v) is 3.39. The normalized spacial score (nSPS) is 13.8. The van der Waals surface area contributed by atoms with Crippen molar-refractivity contribution in [2.24, 2.45) is 5.92 Å². The molecule has 4 heteroatoms. The third kappa shape index (κ3) is 4.72. The second-order valence-corrected chi connectivity index (χ2v) is 7.02. The van der Waals surface area contributed by atoms with Gasteiger partial charge in [0.2, 0.25) is 5.91 Å². The maximum Gasteiger partial charge on any atom is 0.335 e. The minimum absolute atomic E-state index is 0.0981. The predicted molar refractivity (Wildman–Crippen MR) is 101 cm³/mol. The van der Waals surface area contributed by atoms with E-state index in [2.05, 4.69) is 0 Å². The third-order valence-corrected chi connectivity index (χ3v) is 5.13. The lowest BCUT2D eigenvalue weighted by Gasteiger charge is -2.32. The average molecular weight is 351 g/mol. The quantitative estimate of drug-likeness (QED) is 0.777. The Bertz CT molecular complexity index is 753. The molecule has 2 aromatic carbocycles. The van der Waals surface area contributed by atoms with Gasteiger partial charge in [0, 0.05) is 19.5 Å². The molecule has 4 nitrogen and oxygen atoms in total. The SMILES string of the molecule is O=C(O)c1ccccc1CCC(=O)N(Cc1ccccc1)CC1CCC1. The van der Waals surface area contributed by atoms with Crippen molar-refractivity contribution in [3.63, 3.8) is 0 Å². The van der Waals surface area contributed by atoms with Gasteiger partial charge in [-0.25, -0.2) is 4.79 Å². The smallest absolute Gasteiger partial charge is 0.335 e. The zero-order valence-corrected chi connectivity index (χ0v) is 14.9. The number of carboxylic acid groups (broad SMARTS) is 1. The number of benzene rings is 2. The summed E-state index contributed by atoms with van der Waals surface area (Å²) < 4.78 is 0. The number of nitrogens with zero attached hydrogens (tertiary/aromatic N) is 1. The molecule has 0 bridgehead atoms. The van der Waals surface area contributed by atoms with E-state index in [1.54, 1.807) is 18.2 Å². The molecule has 0 spiro atoms. The van der Waals surface area contributed by atoms with Crippen LogP contribution in [0.25, 0.3) is 0 Å². The van der Waals surface area contributed by atoms with Gasteiger partial charge in [-0.3, -0.25) is 4.79 Å². The standard InChI is InChI=1S/C22H25NO3/c24-21(14-13-19-11-4-5-12-20(19)22(25)26)23(16-18-9-6-10-18)15-17-7-2-1-3-8-17/h1-5,7-8,11-12,18H,6,9-10,13-16H2,(H,25,26). The third-order valence-electron chi connectivity index (χ3n) is 5.13. The van der Waals surface area contributed by atoms with Crippen LogP contribution in [-0.4, -0.2) is 28.4 Å². The largest absolute Gasteiger partial charge is 0.478 e. The number of carbonyl (C=O) groups is 2. The summed E-state index contributed by atoms with van der Waals surface area (Å²) in [6, 6.07) is 17.0. The molecule has 0 saturated heterocycles. The molecule has 1 N–H and O–H groups in total. The van der Waals surface area contributed by atoms with Gasteiger partial charge in [0.05, 0.1) is 5.56 Å². The average Bonchev–Trinajstić information content (AvgIpc) is 2.62. The molecule has 136 valence electrons. The van der Waals surface area contributed by atoms with E-state index in [0.717, 1.165) is 17.7 Å². The minimum Gasteiger partial charge on any atom is -0.478 e. The molecule has 1 amide bonds. The summed E-state index contributed by atoms with van der Waals surface area (Å²) in [5, 5.41) is 9.30. The van der Waals surface area contributed by atoms with Crippen molar-refractivity contribution in [3.05, 3.63) is 71.3 Å². The number of carbonyl (C=O) groups excluding carboxylic acids is 1. The molecule has 1 saturated carbocycles. The summed E-state index contributed by atoms with van der Waals surface area (Å²) in [5.41, 5.74) is 2.14. The fourth-order valence-electron chi connectivity index (χ4n) is 3.39. The van der Waals surface area contributed by atoms with Crippen LogP contribution in [0.4, 0.5) is 0 Å².